The van der Waals surface area contributed by atoms with Crippen LogP contribution in [0, 0.1) is 6.92 Å². The third-order valence-corrected chi connectivity index (χ3v) is 4.33. The van der Waals surface area contributed by atoms with E-state index in [0.717, 1.165) is 28.7 Å². The Morgan fingerprint density at radius 3 is 2.32 bits per heavy atom. The van der Waals surface area contributed by atoms with Crippen LogP contribution in [0.3, 0.4) is 0 Å². The minimum atomic E-state index is -0.907. The molecule has 2 aromatic rings. The van der Waals surface area contributed by atoms with Gasteiger partial charge in [0.15, 0.2) is 0 Å². The Labute approximate surface area is 169 Å². The molecule has 0 aliphatic carbocycles. The lowest BCUT2D eigenvalue weighted by Crippen LogP contribution is -1.97. The molecule has 1 N–H and O–H groups in total. The number of hydrogen-bond donors (Lipinski definition) is 1. The number of benzene rings is 2. The summed E-state index contributed by atoms with van der Waals surface area (Å²) in [6, 6.07) is 15.6. The lowest BCUT2D eigenvalue weighted by atomic mass is 9.99. The molecule has 0 spiro atoms. The first-order valence-corrected chi connectivity index (χ1v) is 9.44. The SMILES string of the molecule is C=C\C=C/C(=C\C)C(/C)=C/c1cc(C(=O)O)ccc1C.CCc1ccccc1. The number of allylic oxidation sites excluding steroid dienone is 6. The molecule has 2 aromatic carbocycles. The predicted molar refractivity (Wildman–Crippen MR) is 121 cm³/mol. The van der Waals surface area contributed by atoms with Gasteiger partial charge in [0.1, 0.15) is 0 Å². The second-order valence-electron chi connectivity index (χ2n) is 6.38. The molecule has 0 aliphatic rings. The highest BCUT2D eigenvalue weighted by Gasteiger charge is 2.05. The van der Waals surface area contributed by atoms with E-state index in [0.29, 0.717) is 5.56 Å². The topological polar surface area (TPSA) is 37.3 Å². The zero-order valence-electron chi connectivity index (χ0n) is 17.3. The second kappa shape index (κ2) is 12.3. The molecule has 2 heteroatoms. The van der Waals surface area contributed by atoms with Crippen LogP contribution in [0.15, 0.2) is 90.6 Å². The van der Waals surface area contributed by atoms with E-state index in [9.17, 15) is 4.79 Å². The molecule has 0 fully saturated rings. The van der Waals surface area contributed by atoms with Crippen molar-refractivity contribution in [1.82, 2.24) is 0 Å². The van der Waals surface area contributed by atoms with Crippen LogP contribution in [0.25, 0.3) is 6.08 Å². The molecule has 2 rings (SSSR count). The summed E-state index contributed by atoms with van der Waals surface area (Å²) < 4.78 is 0. The number of carbonyl (C=O) groups is 1. The third kappa shape index (κ3) is 7.63. The lowest BCUT2D eigenvalue weighted by Gasteiger charge is -2.06. The van der Waals surface area contributed by atoms with Gasteiger partial charge in [-0.1, -0.05) is 80.3 Å². The van der Waals surface area contributed by atoms with Gasteiger partial charge in [-0.2, -0.15) is 0 Å². The summed E-state index contributed by atoms with van der Waals surface area (Å²) in [5, 5.41) is 9.05. The fourth-order valence-electron chi connectivity index (χ4n) is 2.59. The minimum absolute atomic E-state index is 0.304. The highest BCUT2D eigenvalue weighted by Crippen LogP contribution is 2.19. The van der Waals surface area contributed by atoms with Gasteiger partial charge in [0, 0.05) is 0 Å². The molecule has 0 bridgehead atoms. The fraction of sp³-hybridized carbons (Fsp3) is 0.192. The Hall–Kier alpha value is -3.13. The van der Waals surface area contributed by atoms with Gasteiger partial charge >= 0.3 is 5.97 Å². The van der Waals surface area contributed by atoms with Crippen LogP contribution < -0.4 is 0 Å². The van der Waals surface area contributed by atoms with Gasteiger partial charge in [-0.25, -0.2) is 4.79 Å². The second-order valence-corrected chi connectivity index (χ2v) is 6.38. The fourth-order valence-corrected chi connectivity index (χ4v) is 2.59. The van der Waals surface area contributed by atoms with Crippen LogP contribution in [0.2, 0.25) is 0 Å². The summed E-state index contributed by atoms with van der Waals surface area (Å²) in [7, 11) is 0. The quantitative estimate of drug-likeness (QED) is 0.551. The Morgan fingerprint density at radius 1 is 1.14 bits per heavy atom. The predicted octanol–water partition coefficient (Wildman–Crippen LogP) is 7.03. The zero-order valence-corrected chi connectivity index (χ0v) is 17.3. The van der Waals surface area contributed by atoms with Crippen molar-refractivity contribution < 1.29 is 9.90 Å². The number of rotatable bonds is 6. The largest absolute Gasteiger partial charge is 0.478 e. The summed E-state index contributed by atoms with van der Waals surface area (Å²) >= 11 is 0. The van der Waals surface area contributed by atoms with Gasteiger partial charge in [-0.3, -0.25) is 0 Å². The molecule has 0 amide bonds. The Kier molecular flexibility index (Phi) is 10.1. The Morgan fingerprint density at radius 2 is 1.82 bits per heavy atom. The highest BCUT2D eigenvalue weighted by atomic mass is 16.4. The van der Waals surface area contributed by atoms with E-state index >= 15 is 0 Å². The molecule has 0 saturated heterocycles. The van der Waals surface area contributed by atoms with Gasteiger partial charge in [0.25, 0.3) is 0 Å². The summed E-state index contributed by atoms with van der Waals surface area (Å²) in [5.74, 6) is -0.907. The first-order valence-electron chi connectivity index (χ1n) is 9.44. The van der Waals surface area contributed by atoms with E-state index in [2.05, 4.69) is 37.8 Å². The molecule has 0 radical (unpaired) electrons. The molecule has 0 unspecified atom stereocenters. The van der Waals surface area contributed by atoms with Crippen LogP contribution in [-0.4, -0.2) is 11.1 Å². The normalized spacial score (nSPS) is 11.7. The molecule has 0 heterocycles. The van der Waals surface area contributed by atoms with Crippen LogP contribution in [0.5, 0.6) is 0 Å². The van der Waals surface area contributed by atoms with E-state index < -0.39 is 5.97 Å². The molecule has 146 valence electrons. The average molecular weight is 375 g/mol. The minimum Gasteiger partial charge on any atom is -0.478 e. The number of aryl methyl sites for hydroxylation is 2. The van der Waals surface area contributed by atoms with Crippen LogP contribution in [0.1, 0.15) is 47.8 Å². The van der Waals surface area contributed by atoms with Crippen LogP contribution in [-0.2, 0) is 6.42 Å². The number of carboxylic acid groups (broad SMARTS) is 1. The van der Waals surface area contributed by atoms with Crippen molar-refractivity contribution in [1.29, 1.82) is 0 Å². The van der Waals surface area contributed by atoms with Crippen molar-refractivity contribution in [3.05, 3.63) is 113 Å². The molecule has 0 atom stereocenters. The molecule has 2 nitrogen and oxygen atoms in total. The van der Waals surface area contributed by atoms with Gasteiger partial charge in [0.05, 0.1) is 5.56 Å². The maximum absolute atomic E-state index is 11.0. The number of carboxylic acids is 1. The van der Waals surface area contributed by atoms with Crippen molar-refractivity contribution in [3.63, 3.8) is 0 Å². The maximum Gasteiger partial charge on any atom is 0.335 e. The van der Waals surface area contributed by atoms with E-state index in [1.807, 2.05) is 57.2 Å². The summed E-state index contributed by atoms with van der Waals surface area (Å²) in [5.41, 5.74) is 5.86. The summed E-state index contributed by atoms with van der Waals surface area (Å²) in [4.78, 5) is 11.0. The number of aromatic carboxylic acids is 1. The van der Waals surface area contributed by atoms with Crippen molar-refractivity contribution in [2.45, 2.75) is 34.1 Å². The smallest absolute Gasteiger partial charge is 0.335 e. The van der Waals surface area contributed by atoms with Gasteiger partial charge in [-0.15, -0.1) is 0 Å². The van der Waals surface area contributed by atoms with Gasteiger partial charge < -0.3 is 5.11 Å². The van der Waals surface area contributed by atoms with E-state index in [1.54, 1.807) is 18.2 Å². The van der Waals surface area contributed by atoms with Crippen LogP contribution >= 0.6 is 0 Å². The van der Waals surface area contributed by atoms with Gasteiger partial charge in [0.2, 0.25) is 0 Å². The standard InChI is InChI=1S/C18H20O2.C8H10/c1-5-7-8-15(6-2)14(4)11-17-12-16(18(19)20)10-9-13(17)3;1-2-8-6-4-3-5-7-8/h5-12H,1H2,2-4H3,(H,19,20);3-7H,2H2,1H3/b8-7-,14-11+,15-6+;. The zero-order chi connectivity index (χ0) is 20.9. The first-order chi connectivity index (χ1) is 13.4. The Balaban J connectivity index is 0.000000406. The maximum atomic E-state index is 11.0. The van der Waals surface area contributed by atoms with Crippen molar-refractivity contribution in [3.8, 4) is 0 Å². The molecule has 0 saturated carbocycles. The lowest BCUT2D eigenvalue weighted by molar-refractivity contribution is 0.0697. The Bertz CT molecular complexity index is 869. The van der Waals surface area contributed by atoms with E-state index in [-0.39, 0.29) is 0 Å². The monoisotopic (exact) mass is 374 g/mol. The molecule has 0 aromatic heterocycles. The molecule has 28 heavy (non-hydrogen) atoms. The van der Waals surface area contributed by atoms with Crippen molar-refractivity contribution in [2.24, 2.45) is 0 Å². The number of hydrogen-bond acceptors (Lipinski definition) is 1. The van der Waals surface area contributed by atoms with Crippen molar-refractivity contribution in [2.75, 3.05) is 0 Å². The van der Waals surface area contributed by atoms with E-state index in [4.69, 9.17) is 5.11 Å². The average Bonchev–Trinajstić information content (AvgIpc) is 2.71. The van der Waals surface area contributed by atoms with E-state index in [1.165, 1.54) is 5.56 Å². The van der Waals surface area contributed by atoms with Gasteiger partial charge in [-0.05, 0) is 67.2 Å². The highest BCUT2D eigenvalue weighted by molar-refractivity contribution is 5.88. The molecular weight excluding hydrogens is 344 g/mol. The summed E-state index contributed by atoms with van der Waals surface area (Å²) in [6.45, 7) is 11.8. The van der Waals surface area contributed by atoms with Crippen molar-refractivity contribution >= 4 is 12.0 Å². The summed E-state index contributed by atoms with van der Waals surface area (Å²) in [6.07, 6.45) is 10.8. The first kappa shape index (κ1) is 22.9. The molecular formula is C26H30O2. The van der Waals surface area contributed by atoms with Crippen LogP contribution in [0.4, 0.5) is 0 Å². The third-order valence-electron chi connectivity index (χ3n) is 4.33. The molecule has 0 aliphatic heterocycles.